The average Bonchev–Trinajstić information content (AvgIpc) is 1.85. The predicted octanol–water partition coefficient (Wildman–Crippen LogP) is 3.18. The number of unbranched alkanes of at least 4 members (excludes halogenated alkanes) is 1. The first-order chi connectivity index (χ1) is 4.31. The van der Waals surface area contributed by atoms with E-state index in [0.29, 0.717) is 5.76 Å². The van der Waals surface area contributed by atoms with Gasteiger partial charge in [0.15, 0.2) is 0 Å². The third-order valence-electron chi connectivity index (χ3n) is 0.876. The van der Waals surface area contributed by atoms with Crippen molar-refractivity contribution in [1.82, 2.24) is 0 Å². The third-order valence-corrected chi connectivity index (χ3v) is 1.24. The molecule has 0 rings (SSSR count). The molecule has 1 N–H and O–H groups in total. The van der Waals surface area contributed by atoms with E-state index in [-0.39, 0.29) is 0 Å². The van der Waals surface area contributed by atoms with Gasteiger partial charge >= 0.3 is 0 Å². The fourth-order valence-corrected chi connectivity index (χ4v) is 0.793. The van der Waals surface area contributed by atoms with Crippen LogP contribution in [0.1, 0.15) is 19.8 Å². The second kappa shape index (κ2) is 6.13. The second-order valence-corrected chi connectivity index (χ2v) is 2.43. The lowest BCUT2D eigenvalue weighted by molar-refractivity contribution is 0.429. The molecule has 52 valence electrons. The van der Waals surface area contributed by atoms with Gasteiger partial charge in [-0.15, -0.1) is 0 Å². The number of hydrogen-bond donors (Lipinski definition) is 1. The number of aliphatic hydroxyl groups is 1. The van der Waals surface area contributed by atoms with Crippen molar-refractivity contribution in [2.45, 2.75) is 19.8 Å². The molecule has 1 nitrogen and oxygen atoms in total. The Morgan fingerprint density at radius 2 is 2.33 bits per heavy atom. The lowest BCUT2D eigenvalue weighted by atomic mass is 10.3. The molecule has 0 aliphatic heterocycles. The van der Waals surface area contributed by atoms with E-state index in [1.165, 1.54) is 0 Å². The molecule has 0 saturated heterocycles. The molecule has 2 heteroatoms. The van der Waals surface area contributed by atoms with Crippen LogP contribution in [0.25, 0.3) is 0 Å². The van der Waals surface area contributed by atoms with Crippen molar-refractivity contribution in [2.24, 2.45) is 0 Å². The lowest BCUT2D eigenvalue weighted by Gasteiger charge is -1.87. The minimum Gasteiger partial charge on any atom is -0.508 e. The zero-order valence-corrected chi connectivity index (χ0v) is 7.63. The molecule has 0 amide bonds. The number of halogens is 1. The van der Waals surface area contributed by atoms with Crippen LogP contribution in [-0.2, 0) is 0 Å². The van der Waals surface area contributed by atoms with Crippen molar-refractivity contribution < 1.29 is 5.11 Å². The standard InChI is InChI=1S/C7H11IO/c1-2-3-4-7(9)5-6-8/h4-6,9H,2-3H2,1H3. The van der Waals surface area contributed by atoms with Gasteiger partial charge < -0.3 is 5.11 Å². The molecular weight excluding hydrogens is 227 g/mol. The molecule has 0 aromatic carbocycles. The van der Waals surface area contributed by atoms with E-state index in [1.807, 2.05) is 6.08 Å². The zero-order valence-electron chi connectivity index (χ0n) is 5.47. The summed E-state index contributed by atoms with van der Waals surface area (Å²) in [7, 11) is 0. The number of rotatable bonds is 3. The quantitative estimate of drug-likeness (QED) is 0.454. The molecule has 0 aromatic heterocycles. The molecular formula is C7H11IO. The fraction of sp³-hybridized carbons (Fsp3) is 0.429. The van der Waals surface area contributed by atoms with Gasteiger partial charge in [0.05, 0.1) is 0 Å². The summed E-state index contributed by atoms with van der Waals surface area (Å²) < 4.78 is 1.79. The maximum Gasteiger partial charge on any atom is 0.112 e. The van der Waals surface area contributed by atoms with Gasteiger partial charge in [0.1, 0.15) is 5.76 Å². The van der Waals surface area contributed by atoms with Crippen LogP contribution in [0.4, 0.5) is 0 Å². The molecule has 0 unspecified atom stereocenters. The highest BCUT2D eigenvalue weighted by Gasteiger charge is 1.80. The van der Waals surface area contributed by atoms with Crippen molar-refractivity contribution in [3.8, 4) is 0 Å². The number of aliphatic hydroxyl groups excluding tert-OH is 1. The van der Waals surface area contributed by atoms with E-state index in [1.54, 1.807) is 10.2 Å². The van der Waals surface area contributed by atoms with Crippen molar-refractivity contribution >= 4 is 22.6 Å². The minimum atomic E-state index is 0.367. The van der Waals surface area contributed by atoms with Crippen molar-refractivity contribution in [3.05, 3.63) is 22.0 Å². The van der Waals surface area contributed by atoms with Crippen LogP contribution in [0.3, 0.4) is 0 Å². The third kappa shape index (κ3) is 5.89. The van der Waals surface area contributed by atoms with Crippen LogP contribution in [-0.4, -0.2) is 5.11 Å². The van der Waals surface area contributed by atoms with E-state index in [9.17, 15) is 0 Å². The normalized spacial score (nSPS) is 12.9. The molecule has 0 aromatic rings. The minimum absolute atomic E-state index is 0.367. The first-order valence-electron chi connectivity index (χ1n) is 2.97. The van der Waals surface area contributed by atoms with Crippen LogP contribution in [0.2, 0.25) is 0 Å². The van der Waals surface area contributed by atoms with Crippen LogP contribution in [0, 0.1) is 0 Å². The predicted molar refractivity (Wildman–Crippen MR) is 48.8 cm³/mol. The molecule has 0 fully saturated rings. The SMILES string of the molecule is CCCC=C(O)C=CI. The zero-order chi connectivity index (χ0) is 7.11. The summed E-state index contributed by atoms with van der Waals surface area (Å²) in [6.07, 6.45) is 5.53. The van der Waals surface area contributed by atoms with Gasteiger partial charge in [-0.05, 0) is 22.7 Å². The Bertz CT molecular complexity index is 116. The average molecular weight is 238 g/mol. The Kier molecular flexibility index (Phi) is 6.14. The summed E-state index contributed by atoms with van der Waals surface area (Å²) in [5.41, 5.74) is 0. The molecule has 0 heterocycles. The Balaban J connectivity index is 3.55. The summed E-state index contributed by atoms with van der Waals surface area (Å²) >= 11 is 2.07. The molecule has 0 aliphatic rings. The molecule has 0 atom stereocenters. The maximum atomic E-state index is 8.95. The Labute approximate surface area is 69.6 Å². The van der Waals surface area contributed by atoms with Gasteiger partial charge in [-0.25, -0.2) is 0 Å². The maximum absolute atomic E-state index is 8.95. The molecule has 0 radical (unpaired) electrons. The van der Waals surface area contributed by atoms with Crippen molar-refractivity contribution in [2.75, 3.05) is 0 Å². The second-order valence-electron chi connectivity index (χ2n) is 1.71. The van der Waals surface area contributed by atoms with E-state index < -0.39 is 0 Å². The highest BCUT2D eigenvalue weighted by Crippen LogP contribution is 1.98. The molecule has 0 spiro atoms. The Hall–Kier alpha value is 0.01000. The van der Waals surface area contributed by atoms with E-state index in [4.69, 9.17) is 5.11 Å². The van der Waals surface area contributed by atoms with Gasteiger partial charge in [0, 0.05) is 0 Å². The summed E-state index contributed by atoms with van der Waals surface area (Å²) in [5.74, 6) is 0.367. The summed E-state index contributed by atoms with van der Waals surface area (Å²) in [6, 6.07) is 0. The molecule has 9 heavy (non-hydrogen) atoms. The van der Waals surface area contributed by atoms with Gasteiger partial charge in [-0.3, -0.25) is 0 Å². The van der Waals surface area contributed by atoms with E-state index in [0.717, 1.165) is 12.8 Å². The van der Waals surface area contributed by atoms with E-state index in [2.05, 4.69) is 29.5 Å². The van der Waals surface area contributed by atoms with Gasteiger partial charge in [-0.1, -0.05) is 35.9 Å². The van der Waals surface area contributed by atoms with Crippen LogP contribution < -0.4 is 0 Å². The first kappa shape index (κ1) is 9.01. The number of allylic oxidation sites excluding steroid dienone is 2. The first-order valence-corrected chi connectivity index (χ1v) is 4.21. The van der Waals surface area contributed by atoms with Crippen LogP contribution in [0.5, 0.6) is 0 Å². The highest BCUT2D eigenvalue weighted by molar-refractivity contribution is 14.1. The molecule has 0 aliphatic carbocycles. The van der Waals surface area contributed by atoms with Crippen molar-refractivity contribution in [3.63, 3.8) is 0 Å². The smallest absolute Gasteiger partial charge is 0.112 e. The lowest BCUT2D eigenvalue weighted by Crippen LogP contribution is -1.71. The van der Waals surface area contributed by atoms with Crippen LogP contribution in [0.15, 0.2) is 22.0 Å². The van der Waals surface area contributed by atoms with Gasteiger partial charge in [-0.2, -0.15) is 0 Å². The van der Waals surface area contributed by atoms with E-state index >= 15 is 0 Å². The summed E-state index contributed by atoms with van der Waals surface area (Å²) in [6.45, 7) is 2.08. The Morgan fingerprint density at radius 3 is 2.78 bits per heavy atom. The van der Waals surface area contributed by atoms with Gasteiger partial charge in [0.25, 0.3) is 0 Å². The summed E-state index contributed by atoms with van der Waals surface area (Å²) in [5, 5.41) is 8.95. The molecule has 0 saturated carbocycles. The topological polar surface area (TPSA) is 20.2 Å². The number of hydrogen-bond acceptors (Lipinski definition) is 1. The Morgan fingerprint density at radius 1 is 1.67 bits per heavy atom. The monoisotopic (exact) mass is 238 g/mol. The molecule has 0 bridgehead atoms. The van der Waals surface area contributed by atoms with Crippen molar-refractivity contribution in [1.29, 1.82) is 0 Å². The largest absolute Gasteiger partial charge is 0.508 e. The highest BCUT2D eigenvalue weighted by atomic mass is 127. The van der Waals surface area contributed by atoms with Gasteiger partial charge in [0.2, 0.25) is 0 Å². The van der Waals surface area contributed by atoms with Crippen LogP contribution >= 0.6 is 22.6 Å². The summed E-state index contributed by atoms with van der Waals surface area (Å²) in [4.78, 5) is 0. The fourth-order valence-electron chi connectivity index (χ4n) is 0.425.